The van der Waals surface area contributed by atoms with Crippen LogP contribution in [-0.4, -0.2) is 20.9 Å². The van der Waals surface area contributed by atoms with Gasteiger partial charge >= 0.3 is 5.97 Å². The summed E-state index contributed by atoms with van der Waals surface area (Å²) in [5.41, 5.74) is 1.87. The molecule has 0 aliphatic rings. The summed E-state index contributed by atoms with van der Waals surface area (Å²) in [4.78, 5) is 11.3. The van der Waals surface area contributed by atoms with Crippen molar-refractivity contribution in [2.24, 2.45) is 0 Å². The Kier molecular flexibility index (Phi) is 4.05. The monoisotopic (exact) mass is 428 g/mol. The molecule has 0 saturated carbocycles. The lowest BCUT2D eigenvalue weighted by molar-refractivity contribution is 0.0687. The van der Waals surface area contributed by atoms with E-state index in [0.29, 0.717) is 11.1 Å². The van der Waals surface area contributed by atoms with Crippen molar-refractivity contribution in [3.05, 3.63) is 55.0 Å². The molecule has 1 N–H and O–H groups in total. The Labute approximate surface area is 143 Å². The van der Waals surface area contributed by atoms with Crippen LogP contribution in [0.15, 0.2) is 35.7 Å². The first kappa shape index (κ1) is 14.6. The number of hydrogen-bond donors (Lipinski definition) is 1. The van der Waals surface area contributed by atoms with Crippen LogP contribution in [0.4, 0.5) is 0 Å². The number of benzene rings is 1. The predicted molar refractivity (Wildman–Crippen MR) is 93.7 cm³/mol. The molecule has 0 bridgehead atoms. The Bertz CT molecular complexity index is 884. The fraction of sp³-hybridized carbons (Fsp3) is 0.0714. The molecule has 0 fully saturated rings. The topological polar surface area (TPSA) is 55.1 Å². The van der Waals surface area contributed by atoms with E-state index in [1.807, 2.05) is 35.7 Å². The third kappa shape index (κ3) is 2.85. The van der Waals surface area contributed by atoms with E-state index >= 15 is 0 Å². The average Bonchev–Trinajstić information content (AvgIpc) is 2.94. The molecule has 0 amide bonds. The summed E-state index contributed by atoms with van der Waals surface area (Å²) >= 11 is 8.91. The molecule has 0 saturated heterocycles. The quantitative estimate of drug-likeness (QED) is 0.503. The molecule has 0 atom stereocenters. The van der Waals surface area contributed by atoms with Gasteiger partial charge in [0.25, 0.3) is 0 Å². The highest BCUT2D eigenvalue weighted by Gasteiger charge is 2.14. The van der Waals surface area contributed by atoms with E-state index in [-0.39, 0.29) is 5.69 Å². The maximum Gasteiger partial charge on any atom is 0.357 e. The first-order chi connectivity index (χ1) is 10.1. The third-order valence-electron chi connectivity index (χ3n) is 3.01. The number of nitrogens with zero attached hydrogens (tertiary/aromatic N) is 2. The maximum absolute atomic E-state index is 11.3. The number of aromatic nitrogens is 2. The van der Waals surface area contributed by atoms with Crippen LogP contribution in [0, 0.1) is 8.08 Å². The van der Waals surface area contributed by atoms with Gasteiger partial charge in [-0.1, -0.05) is 24.4 Å². The summed E-state index contributed by atoms with van der Waals surface area (Å²) < 4.78 is 3.96. The van der Waals surface area contributed by atoms with Gasteiger partial charge in [0.1, 0.15) is 0 Å². The smallest absolute Gasteiger partial charge is 0.357 e. The number of halogens is 1. The summed E-state index contributed by atoms with van der Waals surface area (Å²) in [6.45, 7) is 0.514. The number of fused-ring (bicyclic) bond motifs is 1. The normalized spacial score (nSPS) is 10.9. The van der Waals surface area contributed by atoms with Crippen LogP contribution in [0.5, 0.6) is 0 Å². The highest BCUT2D eigenvalue weighted by Crippen LogP contribution is 2.24. The second kappa shape index (κ2) is 5.82. The highest BCUT2D eigenvalue weighted by molar-refractivity contribution is 14.1. The van der Waals surface area contributed by atoms with Crippen LogP contribution in [0.2, 0.25) is 0 Å². The zero-order valence-electron chi connectivity index (χ0n) is 10.6. The molecule has 21 heavy (non-hydrogen) atoms. The van der Waals surface area contributed by atoms with Crippen molar-refractivity contribution >= 4 is 62.3 Å². The molecule has 3 rings (SSSR count). The van der Waals surface area contributed by atoms with Gasteiger partial charge in [-0.2, -0.15) is 5.10 Å². The van der Waals surface area contributed by atoms with Crippen molar-refractivity contribution in [2.45, 2.75) is 6.54 Å². The lowest BCUT2D eigenvalue weighted by Crippen LogP contribution is -2.12. The zero-order chi connectivity index (χ0) is 15.0. The van der Waals surface area contributed by atoms with E-state index in [1.54, 1.807) is 4.68 Å². The zero-order valence-corrected chi connectivity index (χ0v) is 14.4. The average molecular weight is 428 g/mol. The van der Waals surface area contributed by atoms with Crippen LogP contribution < -0.4 is 0 Å². The van der Waals surface area contributed by atoms with Crippen molar-refractivity contribution in [3.63, 3.8) is 0 Å². The fourth-order valence-electron chi connectivity index (χ4n) is 2.03. The van der Waals surface area contributed by atoms with Gasteiger partial charge in [0.05, 0.1) is 21.3 Å². The number of rotatable bonds is 3. The van der Waals surface area contributed by atoms with Gasteiger partial charge in [0.15, 0.2) is 5.69 Å². The van der Waals surface area contributed by atoms with Gasteiger partial charge in [-0.05, 0) is 51.7 Å². The molecule has 0 aliphatic heterocycles. The fourth-order valence-corrected chi connectivity index (χ4v) is 3.59. The molecule has 0 unspecified atom stereocenters. The third-order valence-corrected chi connectivity index (χ3v) is 5.18. The van der Waals surface area contributed by atoms with Gasteiger partial charge in [0, 0.05) is 3.57 Å². The van der Waals surface area contributed by atoms with Crippen LogP contribution >= 0.6 is 46.1 Å². The second-order valence-corrected chi connectivity index (χ2v) is 6.97. The molecule has 2 aromatic heterocycles. The summed E-state index contributed by atoms with van der Waals surface area (Å²) in [6.07, 6.45) is 0. The Morgan fingerprint density at radius 1 is 1.33 bits per heavy atom. The van der Waals surface area contributed by atoms with Crippen LogP contribution in [-0.2, 0) is 6.54 Å². The van der Waals surface area contributed by atoms with Crippen molar-refractivity contribution in [1.82, 2.24) is 9.78 Å². The van der Waals surface area contributed by atoms with Gasteiger partial charge in [0.2, 0.25) is 0 Å². The van der Waals surface area contributed by atoms with Gasteiger partial charge in [-0.25, -0.2) is 4.79 Å². The minimum Gasteiger partial charge on any atom is -0.476 e. The lowest BCUT2D eigenvalue weighted by Gasteiger charge is -2.09. The number of carboxylic acid groups (broad SMARTS) is 1. The largest absolute Gasteiger partial charge is 0.476 e. The molecule has 2 heterocycles. The standard InChI is InChI=1S/C14H9IN2O2S2/c15-9-3-1-8(2-4-9)7-17-10-5-6-21-13(10)12(20)11(16-17)14(18)19/h1-6H,7H2,(H,18,19). The predicted octanol–water partition coefficient (Wildman–Crippen LogP) is 4.18. The van der Waals surface area contributed by atoms with Crippen LogP contribution in [0.25, 0.3) is 10.2 Å². The summed E-state index contributed by atoms with van der Waals surface area (Å²) in [7, 11) is 0. The van der Waals surface area contributed by atoms with Gasteiger partial charge in [-0.15, -0.1) is 11.3 Å². The van der Waals surface area contributed by atoms with E-state index < -0.39 is 5.97 Å². The minimum absolute atomic E-state index is 0.0644. The molecule has 106 valence electrons. The van der Waals surface area contributed by atoms with Crippen LogP contribution in [0.3, 0.4) is 0 Å². The van der Waals surface area contributed by atoms with Crippen molar-refractivity contribution in [1.29, 1.82) is 0 Å². The molecule has 1 aromatic carbocycles. The van der Waals surface area contributed by atoms with E-state index in [0.717, 1.165) is 19.4 Å². The number of thiophene rings is 1. The molecular formula is C14H9IN2O2S2. The molecule has 0 radical (unpaired) electrons. The number of aromatic carboxylic acids is 1. The van der Waals surface area contributed by atoms with Crippen molar-refractivity contribution in [3.8, 4) is 0 Å². The van der Waals surface area contributed by atoms with E-state index in [9.17, 15) is 9.90 Å². The Morgan fingerprint density at radius 3 is 2.71 bits per heavy atom. The maximum atomic E-state index is 11.3. The molecule has 7 heteroatoms. The molecule has 3 aromatic rings. The molecule has 0 aliphatic carbocycles. The van der Waals surface area contributed by atoms with Gasteiger partial charge in [-0.3, -0.25) is 4.68 Å². The van der Waals surface area contributed by atoms with Gasteiger partial charge < -0.3 is 5.11 Å². The van der Waals surface area contributed by atoms with E-state index in [2.05, 4.69) is 27.7 Å². The number of carboxylic acids is 1. The SMILES string of the molecule is O=C(O)c1nn(Cc2ccc(I)cc2)c2ccsc2c1=S. The Balaban J connectivity index is 2.15. The van der Waals surface area contributed by atoms with E-state index in [4.69, 9.17) is 12.2 Å². The lowest BCUT2D eigenvalue weighted by atomic mass is 10.2. The molecule has 4 nitrogen and oxygen atoms in total. The highest BCUT2D eigenvalue weighted by atomic mass is 127. The number of carbonyl (C=O) groups is 1. The first-order valence-corrected chi connectivity index (χ1v) is 8.39. The Morgan fingerprint density at radius 2 is 2.05 bits per heavy atom. The van der Waals surface area contributed by atoms with E-state index in [1.165, 1.54) is 11.3 Å². The molecular weight excluding hydrogens is 419 g/mol. The number of hydrogen-bond acceptors (Lipinski definition) is 4. The summed E-state index contributed by atoms with van der Waals surface area (Å²) in [5, 5.41) is 15.4. The van der Waals surface area contributed by atoms with Crippen molar-refractivity contribution < 1.29 is 9.90 Å². The van der Waals surface area contributed by atoms with Crippen molar-refractivity contribution in [2.75, 3.05) is 0 Å². The summed E-state index contributed by atoms with van der Waals surface area (Å²) in [6, 6.07) is 9.97. The second-order valence-electron chi connectivity index (χ2n) is 4.40. The minimum atomic E-state index is -1.09. The summed E-state index contributed by atoms with van der Waals surface area (Å²) in [5.74, 6) is -1.09. The first-order valence-electron chi connectivity index (χ1n) is 6.02. The molecule has 0 spiro atoms. The van der Waals surface area contributed by atoms with Crippen LogP contribution in [0.1, 0.15) is 16.1 Å². The Hall–Kier alpha value is -1.32.